The maximum absolute atomic E-state index is 12.5. The molecule has 0 heterocycles. The van der Waals surface area contributed by atoms with E-state index in [-0.39, 0.29) is 57.9 Å². The average Bonchev–Trinajstić information content (AvgIpc) is 1.99. The first kappa shape index (κ1) is 12.2. The van der Waals surface area contributed by atoms with Crippen molar-refractivity contribution in [2.45, 2.75) is 0 Å². The van der Waals surface area contributed by atoms with Gasteiger partial charge in [0.15, 0.2) is 11.6 Å². The van der Waals surface area contributed by atoms with Crippen LogP contribution < -0.4 is 4.74 Å². The molecule has 0 aliphatic carbocycles. The van der Waals surface area contributed by atoms with E-state index >= 15 is 0 Å². The summed E-state index contributed by atoms with van der Waals surface area (Å²) in [6, 6.07) is 3.34. The first-order valence-electron chi connectivity index (χ1n) is 2.80. The molecule has 2 nitrogen and oxygen atoms in total. The van der Waals surface area contributed by atoms with Gasteiger partial charge in [-0.2, -0.15) is 4.39 Å². The fourth-order valence-corrected chi connectivity index (χ4v) is 0.627. The number of halogens is 2. The zero-order valence-corrected chi connectivity index (χ0v) is 5.38. The Morgan fingerprint density at radius 3 is 2.58 bits per heavy atom. The van der Waals surface area contributed by atoms with Gasteiger partial charge in [-0.15, -0.1) is 0 Å². The molecular weight excluding hydrogens is 193 g/mol. The van der Waals surface area contributed by atoms with Gasteiger partial charge in [-0.1, -0.05) is 6.07 Å². The Labute approximate surface area is 110 Å². The summed E-state index contributed by atoms with van der Waals surface area (Å²) in [6.07, 6.45) is 0. The van der Waals surface area contributed by atoms with E-state index in [1.54, 1.807) is 0 Å². The molecule has 0 saturated heterocycles. The van der Waals surface area contributed by atoms with E-state index in [0.29, 0.717) is 0 Å². The van der Waals surface area contributed by atoms with Gasteiger partial charge in [0.1, 0.15) is 0 Å². The van der Waals surface area contributed by atoms with Gasteiger partial charge in [0.25, 0.3) is 6.47 Å². The van der Waals surface area contributed by atoms with Crippen molar-refractivity contribution in [3.63, 3.8) is 0 Å². The summed E-state index contributed by atoms with van der Waals surface area (Å²) in [5.74, 6) is -2.59. The molecule has 0 spiro atoms. The number of ether oxygens (including phenoxy) is 1. The molecule has 0 radical (unpaired) electrons. The summed E-state index contributed by atoms with van der Waals surface area (Å²) in [4.78, 5) is 9.73. The first-order valence-corrected chi connectivity index (χ1v) is 2.80. The number of benzene rings is 1. The average molecular weight is 198 g/mol. The molecule has 1 aromatic carbocycles. The van der Waals surface area contributed by atoms with Gasteiger partial charge < -0.3 is 4.74 Å². The van der Waals surface area contributed by atoms with E-state index in [0.717, 1.165) is 12.1 Å². The third-order valence-electron chi connectivity index (χ3n) is 1.09. The Balaban J connectivity index is 0.00000121. The minimum absolute atomic E-state index is 0. The Morgan fingerprint density at radius 1 is 1.33 bits per heavy atom. The van der Waals surface area contributed by atoms with Crippen LogP contribution in [0, 0.1) is 11.6 Å². The van der Waals surface area contributed by atoms with Crippen LogP contribution in [0.5, 0.6) is 5.75 Å². The van der Waals surface area contributed by atoms with E-state index in [2.05, 4.69) is 4.74 Å². The number of carbonyl (C=O) groups excluding carboxylic acids is 1. The van der Waals surface area contributed by atoms with E-state index in [4.69, 9.17) is 0 Å². The van der Waals surface area contributed by atoms with Crippen molar-refractivity contribution in [3.05, 3.63) is 29.8 Å². The van der Waals surface area contributed by atoms with Crippen molar-refractivity contribution in [1.82, 2.24) is 0 Å². The van der Waals surface area contributed by atoms with Crippen molar-refractivity contribution < 1.29 is 18.3 Å². The van der Waals surface area contributed by atoms with Crippen LogP contribution in [0.2, 0.25) is 0 Å². The van der Waals surface area contributed by atoms with Crippen LogP contribution >= 0.6 is 0 Å². The maximum atomic E-state index is 12.5. The zero-order chi connectivity index (χ0) is 8.27. The number of hydrogen-bond acceptors (Lipinski definition) is 2. The SMILES string of the molecule is O=COc1cccc(F)c1F.[KH]. The van der Waals surface area contributed by atoms with Gasteiger partial charge >= 0.3 is 51.4 Å². The summed E-state index contributed by atoms with van der Waals surface area (Å²) in [5.41, 5.74) is 0. The quantitative estimate of drug-likeness (QED) is 0.520. The van der Waals surface area contributed by atoms with Crippen LogP contribution in [0.4, 0.5) is 8.78 Å². The van der Waals surface area contributed by atoms with Crippen LogP contribution in [0.25, 0.3) is 0 Å². The molecule has 0 bridgehead atoms. The number of hydrogen-bond donors (Lipinski definition) is 0. The van der Waals surface area contributed by atoms with E-state index in [1.165, 1.54) is 6.07 Å². The molecule has 1 aromatic rings. The third-order valence-corrected chi connectivity index (χ3v) is 1.09. The second-order valence-electron chi connectivity index (χ2n) is 1.77. The monoisotopic (exact) mass is 198 g/mol. The standard InChI is InChI=1S/C7H4F2O2.K.H/c8-5-2-1-3-6(7(5)9)11-4-10;;/h1-4H;;. The minimum atomic E-state index is -1.15. The molecule has 1 rings (SSSR count). The second-order valence-corrected chi connectivity index (χ2v) is 1.77. The van der Waals surface area contributed by atoms with Crippen molar-refractivity contribution in [2.24, 2.45) is 0 Å². The van der Waals surface area contributed by atoms with Crippen molar-refractivity contribution >= 4 is 57.9 Å². The van der Waals surface area contributed by atoms with Crippen molar-refractivity contribution in [3.8, 4) is 5.75 Å². The van der Waals surface area contributed by atoms with Crippen molar-refractivity contribution in [1.29, 1.82) is 0 Å². The Hall–Kier alpha value is 0.186. The summed E-state index contributed by atoms with van der Waals surface area (Å²) >= 11 is 0. The molecule has 0 aliphatic rings. The van der Waals surface area contributed by atoms with Crippen LogP contribution in [-0.2, 0) is 4.79 Å². The van der Waals surface area contributed by atoms with Gasteiger partial charge in [0.05, 0.1) is 0 Å². The Kier molecular flexibility index (Phi) is 5.86. The van der Waals surface area contributed by atoms with Gasteiger partial charge in [-0.3, -0.25) is 4.79 Å². The van der Waals surface area contributed by atoms with Crippen LogP contribution in [-0.4, -0.2) is 57.9 Å². The molecule has 0 atom stereocenters. The summed E-state index contributed by atoms with van der Waals surface area (Å²) in [7, 11) is 0. The predicted molar refractivity (Wildman–Crippen MR) is 40.2 cm³/mol. The fourth-order valence-electron chi connectivity index (χ4n) is 0.627. The van der Waals surface area contributed by atoms with Crippen LogP contribution in [0.3, 0.4) is 0 Å². The normalized spacial score (nSPS) is 8.50. The molecule has 0 aliphatic heterocycles. The van der Waals surface area contributed by atoms with E-state index < -0.39 is 17.4 Å². The van der Waals surface area contributed by atoms with Crippen LogP contribution in [0.15, 0.2) is 18.2 Å². The second kappa shape index (κ2) is 5.77. The van der Waals surface area contributed by atoms with Gasteiger partial charge in [0.2, 0.25) is 5.82 Å². The molecule has 0 fully saturated rings. The fraction of sp³-hybridized carbons (Fsp3) is 0. The van der Waals surface area contributed by atoms with Crippen molar-refractivity contribution in [2.75, 3.05) is 0 Å². The predicted octanol–water partition coefficient (Wildman–Crippen LogP) is 0.851. The van der Waals surface area contributed by atoms with Gasteiger partial charge in [0, 0.05) is 0 Å². The Morgan fingerprint density at radius 2 is 2.00 bits per heavy atom. The number of carbonyl (C=O) groups is 1. The van der Waals surface area contributed by atoms with Crippen LogP contribution in [0.1, 0.15) is 0 Å². The van der Waals surface area contributed by atoms with Gasteiger partial charge in [-0.05, 0) is 12.1 Å². The molecule has 60 valence electrons. The van der Waals surface area contributed by atoms with E-state index in [1.807, 2.05) is 0 Å². The van der Waals surface area contributed by atoms with E-state index in [9.17, 15) is 13.6 Å². The molecular formula is C7H5F2KO2. The summed E-state index contributed by atoms with van der Waals surface area (Å²) in [6.45, 7) is 0.0395. The topological polar surface area (TPSA) is 26.3 Å². The first-order chi connectivity index (χ1) is 5.25. The molecule has 0 amide bonds. The van der Waals surface area contributed by atoms with Gasteiger partial charge in [-0.25, -0.2) is 4.39 Å². The third kappa shape index (κ3) is 2.91. The molecule has 5 heteroatoms. The summed E-state index contributed by atoms with van der Waals surface area (Å²) < 4.78 is 29.0. The molecule has 0 aromatic heterocycles. The molecule has 0 unspecified atom stereocenters. The molecule has 0 N–H and O–H groups in total. The number of rotatable bonds is 2. The zero-order valence-electron chi connectivity index (χ0n) is 5.38. The molecule has 0 saturated carbocycles. The summed E-state index contributed by atoms with van der Waals surface area (Å²) in [5, 5.41) is 0. The molecule has 12 heavy (non-hydrogen) atoms. The Bertz CT molecular complexity index is 278.